The van der Waals surface area contributed by atoms with Gasteiger partial charge in [0.1, 0.15) is 5.82 Å². The number of rotatable bonds is 4. The van der Waals surface area contributed by atoms with Crippen LogP contribution in [0.5, 0.6) is 0 Å². The first-order valence-electron chi connectivity index (χ1n) is 6.64. The number of carbonyl (C=O) groups is 1. The molecule has 1 aliphatic heterocycles. The van der Waals surface area contributed by atoms with Crippen LogP contribution in [0.1, 0.15) is 15.9 Å². The van der Waals surface area contributed by atoms with Gasteiger partial charge in [-0.05, 0) is 24.6 Å². The van der Waals surface area contributed by atoms with Gasteiger partial charge in [-0.2, -0.15) is 0 Å². The van der Waals surface area contributed by atoms with Gasteiger partial charge in [-0.15, -0.1) is 0 Å². The Kier molecular flexibility index (Phi) is 4.87. The molecule has 1 aromatic carbocycles. The van der Waals surface area contributed by atoms with Gasteiger partial charge in [0, 0.05) is 44.8 Å². The average molecular weight is 265 g/mol. The Morgan fingerprint density at radius 2 is 2.16 bits per heavy atom. The van der Waals surface area contributed by atoms with Crippen molar-refractivity contribution in [2.75, 3.05) is 39.3 Å². The van der Waals surface area contributed by atoms with Crippen LogP contribution in [0.25, 0.3) is 0 Å². The molecule has 0 bridgehead atoms. The van der Waals surface area contributed by atoms with Crippen LogP contribution in [0.2, 0.25) is 0 Å². The SMILES string of the molecule is Cc1ccc(F)cc1C(=O)NCCN1CCNCC1. The summed E-state index contributed by atoms with van der Waals surface area (Å²) in [7, 11) is 0. The second-order valence-electron chi connectivity index (χ2n) is 4.81. The number of carbonyl (C=O) groups excluding carboxylic acids is 1. The van der Waals surface area contributed by atoms with Gasteiger partial charge in [-0.25, -0.2) is 4.39 Å². The van der Waals surface area contributed by atoms with Gasteiger partial charge in [-0.3, -0.25) is 9.69 Å². The van der Waals surface area contributed by atoms with Crippen molar-refractivity contribution in [1.29, 1.82) is 0 Å². The van der Waals surface area contributed by atoms with Crippen molar-refractivity contribution in [2.24, 2.45) is 0 Å². The molecule has 4 nitrogen and oxygen atoms in total. The highest BCUT2D eigenvalue weighted by molar-refractivity contribution is 5.95. The molecule has 0 atom stereocenters. The lowest BCUT2D eigenvalue weighted by Gasteiger charge is -2.27. The third-order valence-corrected chi connectivity index (χ3v) is 3.37. The molecule has 0 aromatic heterocycles. The fourth-order valence-electron chi connectivity index (χ4n) is 2.20. The molecule has 1 saturated heterocycles. The van der Waals surface area contributed by atoms with E-state index in [9.17, 15) is 9.18 Å². The van der Waals surface area contributed by atoms with E-state index in [4.69, 9.17) is 0 Å². The number of benzene rings is 1. The molecular formula is C14H20FN3O. The second kappa shape index (κ2) is 6.63. The zero-order chi connectivity index (χ0) is 13.7. The van der Waals surface area contributed by atoms with E-state index >= 15 is 0 Å². The second-order valence-corrected chi connectivity index (χ2v) is 4.81. The van der Waals surface area contributed by atoms with Gasteiger partial charge in [0.2, 0.25) is 0 Å². The molecule has 1 aromatic rings. The van der Waals surface area contributed by atoms with Crippen molar-refractivity contribution in [2.45, 2.75) is 6.92 Å². The Bertz CT molecular complexity index is 444. The van der Waals surface area contributed by atoms with E-state index in [1.165, 1.54) is 12.1 Å². The summed E-state index contributed by atoms with van der Waals surface area (Å²) >= 11 is 0. The molecule has 19 heavy (non-hydrogen) atoms. The summed E-state index contributed by atoms with van der Waals surface area (Å²) in [5, 5.41) is 6.13. The quantitative estimate of drug-likeness (QED) is 0.845. The molecule has 1 aliphatic rings. The monoisotopic (exact) mass is 265 g/mol. The van der Waals surface area contributed by atoms with Gasteiger partial charge in [-0.1, -0.05) is 6.07 Å². The molecule has 1 heterocycles. The first kappa shape index (κ1) is 14.0. The van der Waals surface area contributed by atoms with E-state index < -0.39 is 0 Å². The van der Waals surface area contributed by atoms with Crippen LogP contribution >= 0.6 is 0 Å². The number of amides is 1. The van der Waals surface area contributed by atoms with Crippen molar-refractivity contribution in [3.63, 3.8) is 0 Å². The van der Waals surface area contributed by atoms with Crippen molar-refractivity contribution in [3.8, 4) is 0 Å². The predicted octanol–water partition coefficient (Wildman–Crippen LogP) is 0.769. The molecule has 0 spiro atoms. The lowest BCUT2D eigenvalue weighted by atomic mass is 10.1. The molecule has 0 saturated carbocycles. The smallest absolute Gasteiger partial charge is 0.251 e. The van der Waals surface area contributed by atoms with Crippen LogP contribution in [0.4, 0.5) is 4.39 Å². The third kappa shape index (κ3) is 4.01. The van der Waals surface area contributed by atoms with Crippen LogP contribution in [0, 0.1) is 12.7 Å². The Morgan fingerprint density at radius 1 is 1.42 bits per heavy atom. The van der Waals surface area contributed by atoms with Gasteiger partial charge < -0.3 is 10.6 Å². The molecule has 0 radical (unpaired) electrons. The fourth-order valence-corrected chi connectivity index (χ4v) is 2.20. The summed E-state index contributed by atoms with van der Waals surface area (Å²) in [6.45, 7) is 7.25. The lowest BCUT2D eigenvalue weighted by Crippen LogP contribution is -2.46. The van der Waals surface area contributed by atoms with Crippen molar-refractivity contribution < 1.29 is 9.18 Å². The molecule has 0 aliphatic carbocycles. The molecule has 2 N–H and O–H groups in total. The van der Waals surface area contributed by atoms with E-state index in [2.05, 4.69) is 15.5 Å². The lowest BCUT2D eigenvalue weighted by molar-refractivity contribution is 0.0946. The Labute approximate surface area is 113 Å². The Morgan fingerprint density at radius 3 is 2.89 bits per heavy atom. The van der Waals surface area contributed by atoms with Gasteiger partial charge in [0.15, 0.2) is 0 Å². The fraction of sp³-hybridized carbons (Fsp3) is 0.500. The third-order valence-electron chi connectivity index (χ3n) is 3.37. The van der Waals surface area contributed by atoms with Crippen molar-refractivity contribution >= 4 is 5.91 Å². The largest absolute Gasteiger partial charge is 0.351 e. The zero-order valence-corrected chi connectivity index (χ0v) is 11.2. The van der Waals surface area contributed by atoms with E-state index in [1.807, 2.05) is 6.92 Å². The number of hydrogen-bond donors (Lipinski definition) is 2. The molecule has 0 unspecified atom stereocenters. The summed E-state index contributed by atoms with van der Waals surface area (Å²) in [6, 6.07) is 4.28. The van der Waals surface area contributed by atoms with E-state index in [0.29, 0.717) is 12.1 Å². The summed E-state index contributed by atoms with van der Waals surface area (Å²) in [5.74, 6) is -0.579. The maximum absolute atomic E-state index is 13.1. The summed E-state index contributed by atoms with van der Waals surface area (Å²) in [6.07, 6.45) is 0. The predicted molar refractivity (Wildman–Crippen MR) is 72.8 cm³/mol. The van der Waals surface area contributed by atoms with Gasteiger partial charge >= 0.3 is 0 Å². The number of halogens is 1. The number of nitrogens with zero attached hydrogens (tertiary/aromatic N) is 1. The zero-order valence-electron chi connectivity index (χ0n) is 11.2. The number of hydrogen-bond acceptors (Lipinski definition) is 3. The summed E-state index contributed by atoms with van der Waals surface area (Å²) in [5.41, 5.74) is 1.21. The topological polar surface area (TPSA) is 44.4 Å². The average Bonchev–Trinajstić information content (AvgIpc) is 2.42. The van der Waals surface area contributed by atoms with E-state index in [0.717, 1.165) is 38.3 Å². The normalized spacial score (nSPS) is 16.3. The summed E-state index contributed by atoms with van der Waals surface area (Å²) < 4.78 is 13.1. The molecule has 5 heteroatoms. The number of aryl methyl sites for hydroxylation is 1. The highest BCUT2D eigenvalue weighted by Crippen LogP contribution is 2.09. The van der Waals surface area contributed by atoms with Crippen LogP contribution in [-0.4, -0.2) is 50.1 Å². The minimum absolute atomic E-state index is 0.202. The molecular weight excluding hydrogens is 245 g/mol. The van der Waals surface area contributed by atoms with Crippen LogP contribution in [0.3, 0.4) is 0 Å². The standard InChI is InChI=1S/C14H20FN3O/c1-11-2-3-12(15)10-13(11)14(19)17-6-9-18-7-4-16-5-8-18/h2-3,10,16H,4-9H2,1H3,(H,17,19). The molecule has 1 fully saturated rings. The highest BCUT2D eigenvalue weighted by Gasteiger charge is 2.12. The highest BCUT2D eigenvalue weighted by atomic mass is 19.1. The van der Waals surface area contributed by atoms with Gasteiger partial charge in [0.05, 0.1) is 0 Å². The molecule has 1 amide bonds. The maximum Gasteiger partial charge on any atom is 0.251 e. The van der Waals surface area contributed by atoms with Crippen LogP contribution in [0.15, 0.2) is 18.2 Å². The Balaban J connectivity index is 1.82. The van der Waals surface area contributed by atoms with E-state index in [-0.39, 0.29) is 11.7 Å². The number of piperazine rings is 1. The van der Waals surface area contributed by atoms with Crippen molar-refractivity contribution in [3.05, 3.63) is 35.1 Å². The van der Waals surface area contributed by atoms with Crippen LogP contribution in [-0.2, 0) is 0 Å². The van der Waals surface area contributed by atoms with E-state index in [1.54, 1.807) is 6.07 Å². The van der Waals surface area contributed by atoms with Crippen LogP contribution < -0.4 is 10.6 Å². The number of nitrogens with one attached hydrogen (secondary N) is 2. The van der Waals surface area contributed by atoms with Crippen molar-refractivity contribution in [1.82, 2.24) is 15.5 Å². The first-order chi connectivity index (χ1) is 9.16. The minimum Gasteiger partial charge on any atom is -0.351 e. The Hall–Kier alpha value is -1.46. The molecule has 2 rings (SSSR count). The molecule has 104 valence electrons. The summed E-state index contributed by atoms with van der Waals surface area (Å²) in [4.78, 5) is 14.3. The first-order valence-corrected chi connectivity index (χ1v) is 6.64. The minimum atomic E-state index is -0.377. The van der Waals surface area contributed by atoms with Gasteiger partial charge in [0.25, 0.3) is 5.91 Å². The maximum atomic E-state index is 13.1.